The van der Waals surface area contributed by atoms with Crippen molar-refractivity contribution < 1.29 is 22.8 Å². The van der Waals surface area contributed by atoms with Gasteiger partial charge in [0.05, 0.1) is 10.5 Å². The predicted octanol–water partition coefficient (Wildman–Crippen LogP) is 2.89. The molecule has 0 aliphatic heterocycles. The Balaban J connectivity index is 2.03. The first-order valence-electron chi connectivity index (χ1n) is 8.34. The second kappa shape index (κ2) is 6.54. The molecule has 0 fully saturated rings. The predicted molar refractivity (Wildman–Crippen MR) is 101 cm³/mol. The monoisotopic (exact) mass is 391 g/mol. The lowest BCUT2D eigenvalue weighted by Gasteiger charge is -2.14. The van der Waals surface area contributed by atoms with Gasteiger partial charge in [0, 0.05) is 5.56 Å². The molecule has 0 spiro atoms. The number of ketones is 3. The summed E-state index contributed by atoms with van der Waals surface area (Å²) in [5.74, 6) is -1.78. The average molecular weight is 391 g/mol. The van der Waals surface area contributed by atoms with Gasteiger partial charge in [0.2, 0.25) is 11.6 Å². The summed E-state index contributed by atoms with van der Waals surface area (Å²) in [6, 6.07) is 16.7. The SMILES string of the molecule is O=C1C=CC(=O)c2c1cc(C(=O)c1ccccc1)n2S(=O)(=O)c1ccccc1. The van der Waals surface area contributed by atoms with E-state index in [9.17, 15) is 22.8 Å². The number of benzene rings is 2. The first-order valence-corrected chi connectivity index (χ1v) is 9.78. The van der Waals surface area contributed by atoms with Gasteiger partial charge in [-0.15, -0.1) is 0 Å². The van der Waals surface area contributed by atoms with Crippen LogP contribution in [-0.4, -0.2) is 29.7 Å². The molecular formula is C21H13NO5S. The number of rotatable bonds is 4. The molecule has 6 nitrogen and oxygen atoms in total. The second-order valence-corrected chi connectivity index (χ2v) is 7.92. The lowest BCUT2D eigenvalue weighted by atomic mass is 10.0. The van der Waals surface area contributed by atoms with Crippen molar-refractivity contribution in [2.45, 2.75) is 4.90 Å². The number of carbonyl (C=O) groups excluding carboxylic acids is 3. The minimum absolute atomic E-state index is 0.0923. The molecule has 0 N–H and O–H groups in total. The lowest BCUT2D eigenvalue weighted by Crippen LogP contribution is -2.24. The fourth-order valence-corrected chi connectivity index (χ4v) is 4.61. The van der Waals surface area contributed by atoms with E-state index in [1.165, 1.54) is 42.5 Å². The van der Waals surface area contributed by atoms with Crippen LogP contribution >= 0.6 is 0 Å². The summed E-state index contributed by atoms with van der Waals surface area (Å²) < 4.78 is 27.3. The van der Waals surface area contributed by atoms with Crippen LogP contribution in [0.25, 0.3) is 0 Å². The quantitative estimate of drug-likeness (QED) is 0.638. The molecule has 0 saturated heterocycles. The van der Waals surface area contributed by atoms with Crippen molar-refractivity contribution in [1.29, 1.82) is 0 Å². The molecule has 0 bridgehead atoms. The fourth-order valence-electron chi connectivity index (χ4n) is 3.08. The van der Waals surface area contributed by atoms with Crippen molar-refractivity contribution >= 4 is 27.4 Å². The van der Waals surface area contributed by atoms with E-state index in [1.54, 1.807) is 24.3 Å². The van der Waals surface area contributed by atoms with Crippen molar-refractivity contribution in [3.8, 4) is 0 Å². The topological polar surface area (TPSA) is 90.3 Å². The summed E-state index contributed by atoms with van der Waals surface area (Å²) >= 11 is 0. The van der Waals surface area contributed by atoms with Crippen LogP contribution in [0.2, 0.25) is 0 Å². The lowest BCUT2D eigenvalue weighted by molar-refractivity contribution is 0.0990. The van der Waals surface area contributed by atoms with Gasteiger partial charge >= 0.3 is 0 Å². The highest BCUT2D eigenvalue weighted by Gasteiger charge is 2.35. The number of aromatic nitrogens is 1. The van der Waals surface area contributed by atoms with Crippen LogP contribution in [0.3, 0.4) is 0 Å². The minimum Gasteiger partial charge on any atom is -0.289 e. The van der Waals surface area contributed by atoms with Crippen LogP contribution in [0.5, 0.6) is 0 Å². The molecule has 3 aromatic rings. The molecule has 1 aromatic heterocycles. The van der Waals surface area contributed by atoms with Gasteiger partial charge in [-0.2, -0.15) is 0 Å². The van der Waals surface area contributed by atoms with E-state index in [4.69, 9.17) is 0 Å². The van der Waals surface area contributed by atoms with Gasteiger partial charge in [-0.05, 0) is 30.4 Å². The van der Waals surface area contributed by atoms with Crippen molar-refractivity contribution in [3.63, 3.8) is 0 Å². The van der Waals surface area contributed by atoms with Gasteiger partial charge < -0.3 is 0 Å². The molecule has 0 saturated carbocycles. The molecule has 0 radical (unpaired) electrons. The summed E-state index contributed by atoms with van der Waals surface area (Å²) in [4.78, 5) is 37.7. The van der Waals surface area contributed by atoms with Gasteiger partial charge in [0.1, 0.15) is 11.4 Å². The molecule has 1 aliphatic rings. The largest absolute Gasteiger partial charge is 0.289 e. The number of allylic oxidation sites excluding steroid dienone is 2. The third-order valence-corrected chi connectivity index (χ3v) is 6.12. The minimum atomic E-state index is -4.29. The molecule has 28 heavy (non-hydrogen) atoms. The molecule has 2 aromatic carbocycles. The molecule has 4 rings (SSSR count). The van der Waals surface area contributed by atoms with Crippen LogP contribution in [0.15, 0.2) is 83.8 Å². The van der Waals surface area contributed by atoms with Gasteiger partial charge in [0.25, 0.3) is 10.0 Å². The van der Waals surface area contributed by atoms with E-state index in [-0.39, 0.29) is 27.4 Å². The Labute approximate surface area is 160 Å². The molecule has 0 unspecified atom stereocenters. The van der Waals surface area contributed by atoms with Gasteiger partial charge in [-0.25, -0.2) is 12.4 Å². The van der Waals surface area contributed by atoms with Crippen LogP contribution in [0, 0.1) is 0 Å². The van der Waals surface area contributed by atoms with Crippen LogP contribution < -0.4 is 0 Å². The summed E-state index contributed by atoms with van der Waals surface area (Å²) in [5, 5.41) is 0. The van der Waals surface area contributed by atoms with E-state index in [0.717, 1.165) is 12.2 Å². The fraction of sp³-hybridized carbons (Fsp3) is 0. The first-order chi connectivity index (χ1) is 13.4. The number of hydrogen-bond donors (Lipinski definition) is 0. The van der Waals surface area contributed by atoms with Gasteiger partial charge in [0.15, 0.2) is 5.78 Å². The van der Waals surface area contributed by atoms with E-state index in [2.05, 4.69) is 0 Å². The van der Waals surface area contributed by atoms with Crippen LogP contribution in [0.4, 0.5) is 0 Å². The van der Waals surface area contributed by atoms with Crippen molar-refractivity contribution in [3.05, 3.63) is 101 Å². The normalized spacial score (nSPS) is 13.4. The standard InChI is InChI=1S/C21H13NO5S/c23-18-11-12-19(24)20-16(18)13-17(21(25)14-7-3-1-4-8-14)22(20)28(26,27)15-9-5-2-6-10-15/h1-13H. The zero-order valence-corrected chi connectivity index (χ0v) is 15.2. The molecule has 1 heterocycles. The molecule has 1 aliphatic carbocycles. The van der Waals surface area contributed by atoms with Gasteiger partial charge in [-0.3, -0.25) is 14.4 Å². The Kier molecular flexibility index (Phi) is 4.16. The Bertz CT molecular complexity index is 1250. The van der Waals surface area contributed by atoms with Gasteiger partial charge in [-0.1, -0.05) is 48.5 Å². The smallest absolute Gasteiger partial charge is 0.268 e. The van der Waals surface area contributed by atoms with Crippen molar-refractivity contribution in [2.24, 2.45) is 0 Å². The zero-order valence-electron chi connectivity index (χ0n) is 14.4. The molecule has 138 valence electrons. The molecular weight excluding hydrogens is 378 g/mol. The van der Waals surface area contributed by atoms with Crippen molar-refractivity contribution in [1.82, 2.24) is 3.97 Å². The third-order valence-electron chi connectivity index (χ3n) is 4.39. The Hall–Kier alpha value is -3.58. The molecule has 7 heteroatoms. The van der Waals surface area contributed by atoms with E-state index < -0.39 is 27.4 Å². The first kappa shape index (κ1) is 17.8. The number of carbonyl (C=O) groups is 3. The maximum absolute atomic E-state index is 13.3. The Morgan fingerprint density at radius 3 is 2.00 bits per heavy atom. The maximum atomic E-state index is 13.3. The molecule has 0 amide bonds. The Morgan fingerprint density at radius 2 is 1.36 bits per heavy atom. The highest BCUT2D eigenvalue weighted by Crippen LogP contribution is 2.28. The zero-order chi connectivity index (χ0) is 19.9. The summed E-state index contributed by atoms with van der Waals surface area (Å²) in [6.07, 6.45) is 2.08. The number of fused-ring (bicyclic) bond motifs is 1. The second-order valence-electron chi connectivity index (χ2n) is 6.13. The average Bonchev–Trinajstić information content (AvgIpc) is 3.14. The Morgan fingerprint density at radius 1 is 0.786 bits per heavy atom. The molecule has 0 atom stereocenters. The summed E-state index contributed by atoms with van der Waals surface area (Å²) in [6.45, 7) is 0. The van der Waals surface area contributed by atoms with Crippen molar-refractivity contribution in [2.75, 3.05) is 0 Å². The number of hydrogen-bond acceptors (Lipinski definition) is 5. The van der Waals surface area contributed by atoms with Crippen LogP contribution in [-0.2, 0) is 10.0 Å². The third kappa shape index (κ3) is 2.73. The highest BCUT2D eigenvalue weighted by atomic mass is 32.2. The van der Waals surface area contributed by atoms with E-state index >= 15 is 0 Å². The summed E-state index contributed by atoms with van der Waals surface area (Å²) in [7, 11) is -4.29. The maximum Gasteiger partial charge on any atom is 0.268 e. The van der Waals surface area contributed by atoms with E-state index in [1.807, 2.05) is 0 Å². The van der Waals surface area contributed by atoms with Crippen LogP contribution in [0.1, 0.15) is 36.9 Å². The van der Waals surface area contributed by atoms with E-state index in [0.29, 0.717) is 3.97 Å². The summed E-state index contributed by atoms with van der Waals surface area (Å²) in [5.41, 5.74) is -0.443. The number of nitrogens with zero attached hydrogens (tertiary/aromatic N) is 1. The highest BCUT2D eigenvalue weighted by molar-refractivity contribution is 7.90.